The molecule has 0 saturated heterocycles. The van der Waals surface area contributed by atoms with E-state index >= 15 is 70.2 Å². The van der Waals surface area contributed by atoms with Gasteiger partial charge in [0.15, 0.2) is 93.1 Å². The third kappa shape index (κ3) is 11.2. The summed E-state index contributed by atoms with van der Waals surface area (Å²) in [4.78, 5) is 0.838. The minimum Gasteiger partial charge on any atom is -0.344 e. The monoisotopic (exact) mass is 1400 g/mol. The van der Waals surface area contributed by atoms with Crippen molar-refractivity contribution in [3.05, 3.63) is 129 Å². The summed E-state index contributed by atoms with van der Waals surface area (Å²) in [6.07, 6.45) is 0. The zero-order valence-corrected chi connectivity index (χ0v) is 62.9. The number of benzene rings is 6. The highest BCUT2D eigenvalue weighted by atomic mass is 28.3. The molecule has 0 fully saturated rings. The topological polar surface area (TPSA) is 3.24 Å². The summed E-state index contributed by atoms with van der Waals surface area (Å²) in [6, 6.07) is 7.11. The van der Waals surface area contributed by atoms with Gasteiger partial charge in [-0.05, 0) is 90.3 Å². The number of nitrogens with zero attached hydrogens (tertiary/aromatic N) is 1. The van der Waals surface area contributed by atoms with Gasteiger partial charge < -0.3 is 4.90 Å². The van der Waals surface area contributed by atoms with E-state index in [4.69, 9.17) is 0 Å². The average molecular weight is 1400 g/mol. The molecule has 0 aliphatic carbocycles. The highest BCUT2D eigenvalue weighted by Gasteiger charge is 2.56. The quantitative estimate of drug-likeness (QED) is 0.0372. The van der Waals surface area contributed by atoms with Crippen molar-refractivity contribution >= 4 is 64.4 Å². The second-order valence-corrected chi connectivity index (χ2v) is 52.9. The Bertz CT molecular complexity index is 3650. The minimum absolute atomic E-state index is 0.167. The minimum atomic E-state index is -4.06. The van der Waals surface area contributed by atoms with Crippen molar-refractivity contribution in [2.45, 2.75) is 233 Å². The molecule has 0 bridgehead atoms. The Morgan fingerprint density at radius 2 is 0.426 bits per heavy atom. The van der Waals surface area contributed by atoms with Crippen molar-refractivity contribution in [1.82, 2.24) is 0 Å². The van der Waals surface area contributed by atoms with Gasteiger partial charge in [-0.3, -0.25) is 0 Å². The van der Waals surface area contributed by atoms with Gasteiger partial charge in [0.1, 0.15) is 32.3 Å². The van der Waals surface area contributed by atoms with Crippen LogP contribution in [0.1, 0.15) is 166 Å². The van der Waals surface area contributed by atoms with E-state index in [1.807, 2.05) is 0 Å². The van der Waals surface area contributed by atoms with Crippen LogP contribution in [0.2, 0.25) is 66.5 Å². The van der Waals surface area contributed by atoms with Gasteiger partial charge in [-0.2, -0.15) is 0 Å². The van der Waals surface area contributed by atoms with Crippen molar-refractivity contribution < 1.29 is 70.2 Å². The molecule has 0 amide bonds. The molecule has 6 aromatic carbocycles. The zero-order valence-electron chi connectivity index (χ0n) is 58.9. The van der Waals surface area contributed by atoms with Crippen molar-refractivity contribution in [3.8, 4) is 44.5 Å². The number of para-hydroxylation sites is 1. The van der Waals surface area contributed by atoms with Crippen molar-refractivity contribution in [3.63, 3.8) is 0 Å². The van der Waals surface area contributed by atoms with Crippen molar-refractivity contribution in [1.29, 1.82) is 0 Å². The van der Waals surface area contributed by atoms with Crippen LogP contribution < -0.4 is 25.6 Å². The molecule has 6 aromatic rings. The van der Waals surface area contributed by atoms with Crippen LogP contribution in [-0.4, -0.2) is 39.3 Å². The summed E-state index contributed by atoms with van der Waals surface area (Å²) in [5.41, 5.74) is -25.9. The van der Waals surface area contributed by atoms with E-state index < -0.39 is 263 Å². The Morgan fingerprint density at radius 3 is 0.638 bits per heavy atom. The van der Waals surface area contributed by atoms with Crippen LogP contribution in [-0.2, 0) is 0 Å². The number of anilines is 2. The lowest BCUT2D eigenvalue weighted by Crippen LogP contribution is -2.59. The van der Waals surface area contributed by atoms with E-state index in [1.165, 1.54) is 30.3 Å². The number of halogens is 16. The fourth-order valence-corrected chi connectivity index (χ4v) is 45.9. The van der Waals surface area contributed by atoms with Gasteiger partial charge in [0.25, 0.3) is 0 Å². The zero-order chi connectivity index (χ0) is 72.1. The van der Waals surface area contributed by atoms with Crippen LogP contribution in [0.4, 0.5) is 81.6 Å². The first-order chi connectivity index (χ1) is 43.3. The Hall–Kier alpha value is -5.13. The molecule has 0 heterocycles. The molecule has 0 atom stereocenters. The molecule has 0 aromatic heterocycles. The molecule has 21 heteroatoms. The van der Waals surface area contributed by atoms with Gasteiger partial charge in [-0.15, -0.1) is 0 Å². The van der Waals surface area contributed by atoms with E-state index in [9.17, 15) is 0 Å². The number of rotatable bonds is 22. The molecule has 0 unspecified atom stereocenters. The maximum absolute atomic E-state index is 19.0. The van der Waals surface area contributed by atoms with Crippen LogP contribution in [0.3, 0.4) is 0 Å². The molecule has 1 nitrogen and oxygen atoms in total. The van der Waals surface area contributed by atoms with Crippen LogP contribution in [0.5, 0.6) is 0 Å². The summed E-state index contributed by atoms with van der Waals surface area (Å²) < 4.78 is 297. The van der Waals surface area contributed by atoms with Crippen molar-refractivity contribution in [2.24, 2.45) is 0 Å². The van der Waals surface area contributed by atoms with Gasteiger partial charge in [0.05, 0.1) is 27.9 Å². The molecule has 0 spiro atoms. The first kappa shape index (κ1) is 77.9. The largest absolute Gasteiger partial charge is 0.344 e. The summed E-state index contributed by atoms with van der Waals surface area (Å²) in [6.45, 7) is 37.8. The standard InChI is InChI=1S/C73H93F16NSi4/c1-32(2)91(33(3)4,34(5)6)70-62(82)54(74)48(55(75)63(70)83)45-31-46(90(25)44-29-27-26-28-30-44)49(52-58(78)66(86)72(67(87)59(52)79)93(38(13)14,39(15)16)40(17)18)50(53-60(80)68(88)73(69(89)61(53)81)94(41(19)20,42(21)22)43(23)24)47(45)51-56(76)64(84)71(65(85)57(51)77)92(35(7)8,36(9)10)37(11)12/h26-43H,1-25H3. The van der Waals surface area contributed by atoms with Gasteiger partial charge in [0.2, 0.25) is 0 Å². The first-order valence-electron chi connectivity index (χ1n) is 32.7. The average Bonchev–Trinajstić information content (AvgIpc) is 0.705. The maximum Gasteiger partial charge on any atom is 0.169 e. The van der Waals surface area contributed by atoms with E-state index in [0.29, 0.717) is 6.07 Å². The predicted molar refractivity (Wildman–Crippen MR) is 365 cm³/mol. The SMILES string of the molecule is CC(C)[Si](c1c(F)c(F)c(-c2cc(N(C)c3ccccc3)c(-c3c(F)c(F)c([Si](C(C)C)(C(C)C)C(C)C)c(F)c3F)c(-c3c(F)c(F)c([Si](C(C)C)(C(C)C)C(C)C)c(F)c3F)c2-c2c(F)c(F)c([Si](C(C)C)(C(C)C)C(C)C)c(F)c2F)c(F)c1F)(C(C)C)C(C)C. The molecule has 518 valence electrons. The second-order valence-electron chi connectivity index (χ2n) is 29.6. The van der Waals surface area contributed by atoms with Gasteiger partial charge in [0, 0.05) is 50.2 Å². The van der Waals surface area contributed by atoms with Crippen LogP contribution >= 0.6 is 0 Å². The Balaban J connectivity index is 2.29. The summed E-state index contributed by atoms with van der Waals surface area (Å²) in [7, 11) is -15.0. The molecule has 94 heavy (non-hydrogen) atoms. The predicted octanol–water partition coefficient (Wildman–Crippen LogP) is 23.9. The lowest BCUT2D eigenvalue weighted by atomic mass is 9.80. The maximum atomic E-state index is 19.0. The van der Waals surface area contributed by atoms with Crippen LogP contribution in [0, 0.1) is 93.1 Å². The van der Waals surface area contributed by atoms with E-state index in [0.717, 1.165) is 11.9 Å². The van der Waals surface area contributed by atoms with Gasteiger partial charge >= 0.3 is 0 Å². The summed E-state index contributed by atoms with van der Waals surface area (Å²) in [5.74, 6) is -36.7. The fraction of sp³-hybridized carbons (Fsp3) is 0.507. The third-order valence-corrected chi connectivity index (χ3v) is 50.2. The molecule has 0 aliphatic rings. The van der Waals surface area contributed by atoms with Crippen LogP contribution in [0.15, 0.2) is 36.4 Å². The normalized spacial score (nSPS) is 13.2. The van der Waals surface area contributed by atoms with Crippen LogP contribution in [0.25, 0.3) is 44.5 Å². The Kier molecular flexibility index (Phi) is 23.2. The summed E-state index contributed by atoms with van der Waals surface area (Å²) in [5, 5.41) is -4.31. The molecular formula is C73H93F16NSi4. The van der Waals surface area contributed by atoms with Gasteiger partial charge in [-0.1, -0.05) is 184 Å². The van der Waals surface area contributed by atoms with E-state index in [2.05, 4.69) is 0 Å². The molecular weight excluding hydrogens is 1310 g/mol. The smallest absolute Gasteiger partial charge is 0.169 e. The molecule has 0 N–H and O–H groups in total. The summed E-state index contributed by atoms with van der Waals surface area (Å²) >= 11 is 0. The Morgan fingerprint density at radius 1 is 0.234 bits per heavy atom. The molecule has 0 radical (unpaired) electrons. The Labute approximate surface area is 550 Å². The van der Waals surface area contributed by atoms with E-state index in [1.54, 1.807) is 166 Å². The van der Waals surface area contributed by atoms with Gasteiger partial charge in [-0.25, -0.2) is 70.2 Å². The third-order valence-electron chi connectivity index (χ3n) is 22.1. The number of hydrogen-bond donors (Lipinski definition) is 0. The first-order valence-corrected chi connectivity index (χ1v) is 41.7. The molecule has 6 rings (SSSR count). The highest BCUT2D eigenvalue weighted by Crippen LogP contribution is 2.58. The van der Waals surface area contributed by atoms with E-state index in [-0.39, 0.29) is 5.69 Å². The molecule has 0 saturated carbocycles. The highest BCUT2D eigenvalue weighted by molar-refractivity contribution is 6.97. The molecule has 0 aliphatic heterocycles. The fourth-order valence-electron chi connectivity index (χ4n) is 19.1. The lowest BCUT2D eigenvalue weighted by molar-refractivity contribution is 0.462. The number of hydrogen-bond acceptors (Lipinski definition) is 1. The lowest BCUT2D eigenvalue weighted by Gasteiger charge is -2.44. The second kappa shape index (κ2) is 28.0. The van der Waals surface area contributed by atoms with Crippen molar-refractivity contribution in [2.75, 3.05) is 11.9 Å².